The summed E-state index contributed by atoms with van der Waals surface area (Å²) in [7, 11) is 1.41. The second kappa shape index (κ2) is 6.16. The first-order valence-electron chi connectivity index (χ1n) is 7.25. The Morgan fingerprint density at radius 3 is 2.08 bits per heavy atom. The highest BCUT2D eigenvalue weighted by Gasteiger charge is 2.36. The molecule has 0 radical (unpaired) electrons. The molecule has 2 rings (SSSR count). The van der Waals surface area contributed by atoms with E-state index in [2.05, 4.69) is 4.98 Å². The second-order valence-electron chi connectivity index (χ2n) is 6.37. The fourth-order valence-electron chi connectivity index (χ4n) is 2.33. The molecule has 126 valence electrons. The van der Waals surface area contributed by atoms with Gasteiger partial charge in [0.1, 0.15) is 11.4 Å². The third-order valence-corrected chi connectivity index (χ3v) is 3.50. The van der Waals surface area contributed by atoms with E-state index in [1.807, 2.05) is 6.07 Å². The molecule has 0 N–H and O–H groups in total. The first kappa shape index (κ1) is 17.8. The van der Waals surface area contributed by atoms with Crippen molar-refractivity contribution in [2.24, 2.45) is 0 Å². The van der Waals surface area contributed by atoms with Crippen LogP contribution >= 0.6 is 0 Å². The molecule has 0 unspecified atom stereocenters. The SMILES string of the molecule is COc1c(-c2ccc(C#N)cc2)cc(C(F)(F)F)nc1C(C)(C)C. The Kier molecular flexibility index (Phi) is 4.57. The van der Waals surface area contributed by atoms with Crippen LogP contribution in [0.25, 0.3) is 11.1 Å². The highest BCUT2D eigenvalue weighted by molar-refractivity contribution is 5.73. The number of pyridine rings is 1. The van der Waals surface area contributed by atoms with E-state index in [0.29, 0.717) is 22.4 Å². The van der Waals surface area contributed by atoms with Gasteiger partial charge in [0.25, 0.3) is 0 Å². The summed E-state index contributed by atoms with van der Waals surface area (Å²) in [5.41, 5.74) is -0.0994. The molecule has 0 saturated heterocycles. The molecule has 0 spiro atoms. The van der Waals surface area contributed by atoms with E-state index in [-0.39, 0.29) is 5.69 Å². The largest absolute Gasteiger partial charge is 0.494 e. The van der Waals surface area contributed by atoms with E-state index in [9.17, 15) is 13.2 Å². The van der Waals surface area contributed by atoms with E-state index in [1.54, 1.807) is 45.0 Å². The van der Waals surface area contributed by atoms with Crippen LogP contribution in [0.15, 0.2) is 30.3 Å². The zero-order chi connectivity index (χ0) is 18.1. The number of methoxy groups -OCH3 is 1. The first-order chi connectivity index (χ1) is 11.1. The maximum Gasteiger partial charge on any atom is 0.433 e. The average Bonchev–Trinajstić information content (AvgIpc) is 2.52. The molecule has 6 heteroatoms. The fourth-order valence-corrected chi connectivity index (χ4v) is 2.33. The number of aromatic nitrogens is 1. The van der Waals surface area contributed by atoms with Crippen molar-refractivity contribution in [3.05, 3.63) is 47.3 Å². The third-order valence-electron chi connectivity index (χ3n) is 3.50. The van der Waals surface area contributed by atoms with Crippen LogP contribution in [0.1, 0.15) is 37.7 Å². The molecule has 0 saturated carbocycles. The van der Waals surface area contributed by atoms with Gasteiger partial charge in [-0.05, 0) is 23.8 Å². The number of ether oxygens (including phenoxy) is 1. The van der Waals surface area contributed by atoms with Gasteiger partial charge in [-0.3, -0.25) is 0 Å². The Labute approximate surface area is 138 Å². The molecule has 0 amide bonds. The van der Waals surface area contributed by atoms with Crippen LogP contribution in [0.2, 0.25) is 0 Å². The molecule has 1 aromatic heterocycles. The summed E-state index contributed by atoms with van der Waals surface area (Å²) >= 11 is 0. The highest BCUT2D eigenvalue weighted by Crippen LogP contribution is 2.41. The predicted molar refractivity (Wildman–Crippen MR) is 84.6 cm³/mol. The van der Waals surface area contributed by atoms with Crippen molar-refractivity contribution in [3.8, 4) is 22.9 Å². The normalized spacial score (nSPS) is 11.9. The van der Waals surface area contributed by atoms with Crippen LogP contribution in [0.3, 0.4) is 0 Å². The minimum absolute atomic E-state index is 0.235. The lowest BCUT2D eigenvalue weighted by Gasteiger charge is -2.24. The van der Waals surface area contributed by atoms with Crippen molar-refractivity contribution < 1.29 is 17.9 Å². The minimum atomic E-state index is -4.56. The Hall–Kier alpha value is -2.55. The summed E-state index contributed by atoms with van der Waals surface area (Å²) in [4.78, 5) is 3.80. The van der Waals surface area contributed by atoms with Crippen molar-refractivity contribution in [2.75, 3.05) is 7.11 Å². The van der Waals surface area contributed by atoms with Crippen LogP contribution in [-0.2, 0) is 11.6 Å². The predicted octanol–water partition coefficient (Wildman–Crippen LogP) is 4.95. The fraction of sp³-hybridized carbons (Fsp3) is 0.333. The summed E-state index contributed by atoms with van der Waals surface area (Å²) in [6.45, 7) is 5.34. The standard InChI is InChI=1S/C18H17F3N2O/c1-17(2,3)16-15(24-4)13(9-14(23-16)18(19,20)21)12-7-5-11(10-22)6-8-12/h5-9H,1-4H3. The molecule has 1 heterocycles. The van der Waals surface area contributed by atoms with Crippen molar-refractivity contribution in [3.63, 3.8) is 0 Å². The van der Waals surface area contributed by atoms with Crippen LogP contribution in [0, 0.1) is 11.3 Å². The molecular weight excluding hydrogens is 317 g/mol. The molecular formula is C18H17F3N2O. The van der Waals surface area contributed by atoms with E-state index < -0.39 is 17.3 Å². The summed E-state index contributed by atoms with van der Waals surface area (Å²) < 4.78 is 45.2. The molecule has 24 heavy (non-hydrogen) atoms. The van der Waals surface area contributed by atoms with Gasteiger partial charge in [-0.15, -0.1) is 0 Å². The van der Waals surface area contributed by atoms with Crippen LogP contribution in [-0.4, -0.2) is 12.1 Å². The Balaban J connectivity index is 2.79. The average molecular weight is 334 g/mol. The van der Waals surface area contributed by atoms with Gasteiger partial charge in [0.15, 0.2) is 0 Å². The lowest BCUT2D eigenvalue weighted by atomic mass is 9.88. The smallest absolute Gasteiger partial charge is 0.433 e. The summed E-state index contributed by atoms with van der Waals surface area (Å²) in [6, 6.07) is 9.27. The van der Waals surface area contributed by atoms with Gasteiger partial charge in [0.05, 0.1) is 24.4 Å². The first-order valence-corrected chi connectivity index (χ1v) is 7.25. The quantitative estimate of drug-likeness (QED) is 0.781. The number of benzene rings is 1. The molecule has 3 nitrogen and oxygen atoms in total. The van der Waals surface area contributed by atoms with Crippen molar-refractivity contribution in [1.29, 1.82) is 5.26 Å². The lowest BCUT2D eigenvalue weighted by Crippen LogP contribution is -2.19. The maximum absolute atomic E-state index is 13.3. The van der Waals surface area contributed by atoms with Crippen LogP contribution < -0.4 is 4.74 Å². The second-order valence-corrected chi connectivity index (χ2v) is 6.37. The Bertz CT molecular complexity index is 782. The van der Waals surface area contributed by atoms with E-state index in [4.69, 9.17) is 10.00 Å². The Morgan fingerprint density at radius 2 is 1.67 bits per heavy atom. The summed E-state index contributed by atoms with van der Waals surface area (Å²) in [5.74, 6) is 0.306. The lowest BCUT2D eigenvalue weighted by molar-refractivity contribution is -0.141. The van der Waals surface area contributed by atoms with Gasteiger partial charge in [-0.1, -0.05) is 32.9 Å². The number of nitriles is 1. The van der Waals surface area contributed by atoms with E-state index >= 15 is 0 Å². The molecule has 0 aliphatic carbocycles. The zero-order valence-electron chi connectivity index (χ0n) is 13.8. The summed E-state index contributed by atoms with van der Waals surface area (Å²) in [5, 5.41) is 8.87. The molecule has 1 aromatic carbocycles. The third kappa shape index (κ3) is 3.51. The van der Waals surface area contributed by atoms with Gasteiger partial charge >= 0.3 is 6.18 Å². The van der Waals surface area contributed by atoms with Crippen LogP contribution in [0.4, 0.5) is 13.2 Å². The van der Waals surface area contributed by atoms with Gasteiger partial charge in [0, 0.05) is 11.0 Å². The highest BCUT2D eigenvalue weighted by atomic mass is 19.4. The Morgan fingerprint density at radius 1 is 1.08 bits per heavy atom. The maximum atomic E-state index is 13.3. The number of hydrogen-bond acceptors (Lipinski definition) is 3. The monoisotopic (exact) mass is 334 g/mol. The topological polar surface area (TPSA) is 45.9 Å². The van der Waals surface area contributed by atoms with Crippen molar-refractivity contribution in [2.45, 2.75) is 32.4 Å². The molecule has 0 atom stereocenters. The zero-order valence-corrected chi connectivity index (χ0v) is 13.8. The van der Waals surface area contributed by atoms with Crippen LogP contribution in [0.5, 0.6) is 5.75 Å². The van der Waals surface area contributed by atoms with E-state index in [1.165, 1.54) is 7.11 Å². The molecule has 0 bridgehead atoms. The number of alkyl halides is 3. The minimum Gasteiger partial charge on any atom is -0.494 e. The van der Waals surface area contributed by atoms with Gasteiger partial charge in [-0.2, -0.15) is 18.4 Å². The number of rotatable bonds is 2. The number of nitrogens with zero attached hydrogens (tertiary/aromatic N) is 2. The van der Waals surface area contributed by atoms with Gasteiger partial charge in [-0.25, -0.2) is 4.98 Å². The van der Waals surface area contributed by atoms with Crippen molar-refractivity contribution >= 4 is 0 Å². The molecule has 0 fully saturated rings. The molecule has 0 aliphatic heterocycles. The molecule has 2 aromatic rings. The van der Waals surface area contributed by atoms with E-state index in [0.717, 1.165) is 6.07 Å². The summed E-state index contributed by atoms with van der Waals surface area (Å²) in [6.07, 6.45) is -4.56. The number of hydrogen-bond donors (Lipinski definition) is 0. The molecule has 0 aliphatic rings. The van der Waals surface area contributed by atoms with Gasteiger partial charge in [0.2, 0.25) is 0 Å². The van der Waals surface area contributed by atoms with Crippen molar-refractivity contribution in [1.82, 2.24) is 4.98 Å². The number of halogens is 3. The van der Waals surface area contributed by atoms with Gasteiger partial charge < -0.3 is 4.74 Å².